The summed E-state index contributed by atoms with van der Waals surface area (Å²) in [5, 5.41) is 28.3. The molecular weight excluding hydrogens is 258 g/mol. The van der Waals surface area contributed by atoms with Crippen LogP contribution in [0.4, 0.5) is 5.82 Å². The van der Waals surface area contributed by atoms with Crippen molar-refractivity contribution in [3.63, 3.8) is 0 Å². The number of phenolic OH excluding ortho intramolecular Hbond substituents is 2. The van der Waals surface area contributed by atoms with Crippen molar-refractivity contribution in [2.24, 2.45) is 0 Å². The summed E-state index contributed by atoms with van der Waals surface area (Å²) in [6, 6.07) is 6.71. The average Bonchev–Trinajstić information content (AvgIpc) is 2.35. The van der Waals surface area contributed by atoms with Crippen molar-refractivity contribution in [2.75, 3.05) is 5.32 Å². The highest BCUT2D eigenvalue weighted by atomic mass is 35.5. The molecule has 0 atom stereocenters. The Labute approximate surface area is 107 Å². The van der Waals surface area contributed by atoms with E-state index >= 15 is 0 Å². The summed E-state index contributed by atoms with van der Waals surface area (Å²) in [7, 11) is 0. The predicted molar refractivity (Wildman–Crippen MR) is 64.8 cm³/mol. The van der Waals surface area contributed by atoms with Crippen molar-refractivity contribution in [3.05, 3.63) is 41.0 Å². The Kier molecular flexibility index (Phi) is 3.29. The maximum absolute atomic E-state index is 11.8. The summed E-state index contributed by atoms with van der Waals surface area (Å²) in [6.45, 7) is 0. The summed E-state index contributed by atoms with van der Waals surface area (Å²) >= 11 is 5.56. The molecule has 2 aromatic rings. The third-order valence-electron chi connectivity index (χ3n) is 2.11. The van der Waals surface area contributed by atoms with Crippen LogP contribution in [0.15, 0.2) is 30.3 Å². The number of nitrogens with one attached hydrogen (secondary N) is 1. The lowest BCUT2D eigenvalue weighted by Crippen LogP contribution is -2.13. The fourth-order valence-corrected chi connectivity index (χ4v) is 1.34. The van der Waals surface area contributed by atoms with Crippen LogP contribution in [0.25, 0.3) is 0 Å². The molecule has 0 unspecified atom stereocenters. The molecule has 92 valence electrons. The van der Waals surface area contributed by atoms with E-state index in [1.54, 1.807) is 0 Å². The first kappa shape index (κ1) is 12.1. The van der Waals surface area contributed by atoms with Crippen LogP contribution < -0.4 is 5.32 Å². The number of anilines is 1. The minimum atomic E-state index is -0.484. The Morgan fingerprint density at radius 3 is 2.50 bits per heavy atom. The van der Waals surface area contributed by atoms with Gasteiger partial charge in [-0.25, -0.2) is 0 Å². The largest absolute Gasteiger partial charge is 0.504 e. The van der Waals surface area contributed by atoms with Crippen LogP contribution in [0, 0.1) is 0 Å². The summed E-state index contributed by atoms with van der Waals surface area (Å²) in [5.74, 6) is -0.915. The first-order valence-electron chi connectivity index (χ1n) is 4.89. The molecule has 1 heterocycles. The van der Waals surface area contributed by atoms with Crippen LogP contribution in [0.3, 0.4) is 0 Å². The molecule has 1 amide bonds. The second-order valence-corrected chi connectivity index (χ2v) is 3.79. The van der Waals surface area contributed by atoms with Crippen molar-refractivity contribution >= 4 is 23.3 Å². The second-order valence-electron chi connectivity index (χ2n) is 3.40. The third-order valence-corrected chi connectivity index (χ3v) is 2.31. The van der Waals surface area contributed by atoms with Crippen LogP contribution >= 0.6 is 11.6 Å². The lowest BCUT2D eigenvalue weighted by atomic mass is 10.2. The Hall–Kier alpha value is -2.34. The third kappa shape index (κ3) is 2.67. The van der Waals surface area contributed by atoms with Gasteiger partial charge in [-0.3, -0.25) is 4.79 Å². The maximum Gasteiger partial charge on any atom is 0.257 e. The standard InChI is InChI=1S/C11H8ClN3O3/c12-9-3-4-10(15-14-9)13-11(18)6-1-2-7(16)8(17)5-6/h1-5,16-17H,(H,13,15,18). The molecule has 0 radical (unpaired) electrons. The molecule has 0 saturated heterocycles. The first-order valence-corrected chi connectivity index (χ1v) is 5.26. The quantitative estimate of drug-likeness (QED) is 0.720. The molecule has 0 aliphatic rings. The number of phenols is 2. The fraction of sp³-hybridized carbons (Fsp3) is 0. The molecule has 0 aliphatic heterocycles. The molecule has 0 aliphatic carbocycles. The van der Waals surface area contributed by atoms with Crippen molar-refractivity contribution in [3.8, 4) is 11.5 Å². The predicted octanol–water partition coefficient (Wildman–Crippen LogP) is 1.79. The van der Waals surface area contributed by atoms with Gasteiger partial charge < -0.3 is 15.5 Å². The number of hydrogen-bond donors (Lipinski definition) is 3. The molecule has 0 fully saturated rings. The highest BCUT2D eigenvalue weighted by Crippen LogP contribution is 2.25. The Morgan fingerprint density at radius 1 is 1.11 bits per heavy atom. The van der Waals surface area contributed by atoms with Crippen LogP contribution in [-0.2, 0) is 0 Å². The van der Waals surface area contributed by atoms with Crippen LogP contribution in [0.1, 0.15) is 10.4 Å². The number of nitrogens with zero attached hydrogens (tertiary/aromatic N) is 2. The highest BCUT2D eigenvalue weighted by Gasteiger charge is 2.09. The summed E-state index contributed by atoms with van der Waals surface area (Å²) in [6.07, 6.45) is 0. The van der Waals surface area contributed by atoms with E-state index in [4.69, 9.17) is 16.7 Å². The van der Waals surface area contributed by atoms with Gasteiger partial charge >= 0.3 is 0 Å². The zero-order valence-corrected chi connectivity index (χ0v) is 9.72. The minimum absolute atomic E-state index is 0.182. The van der Waals surface area contributed by atoms with E-state index in [0.29, 0.717) is 0 Å². The van der Waals surface area contributed by atoms with E-state index in [9.17, 15) is 9.90 Å². The van der Waals surface area contributed by atoms with Gasteiger partial charge in [0, 0.05) is 5.56 Å². The molecule has 1 aromatic carbocycles. The van der Waals surface area contributed by atoms with Crippen LogP contribution in [-0.4, -0.2) is 26.3 Å². The van der Waals surface area contributed by atoms with Crippen molar-refractivity contribution in [2.45, 2.75) is 0 Å². The summed E-state index contributed by atoms with van der Waals surface area (Å²) < 4.78 is 0. The topological polar surface area (TPSA) is 95.3 Å². The van der Waals surface area contributed by atoms with Gasteiger partial charge in [0.2, 0.25) is 0 Å². The van der Waals surface area contributed by atoms with Crippen molar-refractivity contribution in [1.82, 2.24) is 10.2 Å². The number of aromatic nitrogens is 2. The highest BCUT2D eigenvalue weighted by molar-refractivity contribution is 6.29. The molecule has 2 rings (SSSR count). The van der Waals surface area contributed by atoms with Gasteiger partial charge in [0.05, 0.1) is 0 Å². The molecule has 0 spiro atoms. The lowest BCUT2D eigenvalue weighted by molar-refractivity contribution is 0.102. The summed E-state index contributed by atoms with van der Waals surface area (Å²) in [4.78, 5) is 11.8. The number of halogens is 1. The summed E-state index contributed by atoms with van der Waals surface area (Å²) in [5.41, 5.74) is 0.182. The van der Waals surface area contributed by atoms with Gasteiger partial charge in [0.15, 0.2) is 22.5 Å². The number of aromatic hydroxyl groups is 2. The molecule has 18 heavy (non-hydrogen) atoms. The fourth-order valence-electron chi connectivity index (χ4n) is 1.24. The minimum Gasteiger partial charge on any atom is -0.504 e. The Bertz CT molecular complexity index is 587. The van der Waals surface area contributed by atoms with Gasteiger partial charge in [0.1, 0.15) is 0 Å². The number of rotatable bonds is 2. The zero-order valence-electron chi connectivity index (χ0n) is 8.96. The average molecular weight is 266 g/mol. The number of carbonyl (C=O) groups excluding carboxylic acids is 1. The van der Waals surface area contributed by atoms with E-state index < -0.39 is 5.91 Å². The number of carbonyl (C=O) groups is 1. The molecule has 6 nitrogen and oxygen atoms in total. The van der Waals surface area contributed by atoms with E-state index in [2.05, 4.69) is 15.5 Å². The normalized spacial score (nSPS) is 10.1. The van der Waals surface area contributed by atoms with Gasteiger partial charge in [-0.05, 0) is 30.3 Å². The van der Waals surface area contributed by atoms with Crippen molar-refractivity contribution < 1.29 is 15.0 Å². The Morgan fingerprint density at radius 2 is 1.89 bits per heavy atom. The maximum atomic E-state index is 11.8. The van der Waals surface area contributed by atoms with E-state index in [0.717, 1.165) is 6.07 Å². The van der Waals surface area contributed by atoms with E-state index in [1.165, 1.54) is 24.3 Å². The van der Waals surface area contributed by atoms with Gasteiger partial charge in [-0.15, -0.1) is 10.2 Å². The molecule has 1 aromatic heterocycles. The zero-order chi connectivity index (χ0) is 13.1. The SMILES string of the molecule is O=C(Nc1ccc(Cl)nn1)c1ccc(O)c(O)c1. The van der Waals surface area contributed by atoms with E-state index in [-0.39, 0.29) is 28.0 Å². The molecular formula is C11H8ClN3O3. The van der Waals surface area contributed by atoms with Crippen LogP contribution in [0.5, 0.6) is 11.5 Å². The molecule has 3 N–H and O–H groups in total. The van der Waals surface area contributed by atoms with Gasteiger partial charge in [0.25, 0.3) is 5.91 Å². The molecule has 0 saturated carbocycles. The smallest absolute Gasteiger partial charge is 0.257 e. The van der Waals surface area contributed by atoms with Gasteiger partial charge in [-0.1, -0.05) is 11.6 Å². The van der Waals surface area contributed by atoms with Crippen LogP contribution in [0.2, 0.25) is 5.15 Å². The van der Waals surface area contributed by atoms with Crippen molar-refractivity contribution in [1.29, 1.82) is 0 Å². The monoisotopic (exact) mass is 265 g/mol. The number of benzene rings is 1. The number of hydrogen-bond acceptors (Lipinski definition) is 5. The Balaban J connectivity index is 2.16. The molecule has 0 bridgehead atoms. The van der Waals surface area contributed by atoms with E-state index in [1.807, 2.05) is 0 Å². The lowest BCUT2D eigenvalue weighted by Gasteiger charge is -2.04. The van der Waals surface area contributed by atoms with Gasteiger partial charge in [-0.2, -0.15) is 0 Å². The first-order chi connectivity index (χ1) is 8.56. The number of amides is 1. The molecule has 7 heteroatoms. The second kappa shape index (κ2) is 4.89.